The molecule has 0 heterocycles. The summed E-state index contributed by atoms with van der Waals surface area (Å²) in [5, 5.41) is 0. The Bertz CT molecular complexity index is 919. The van der Waals surface area contributed by atoms with E-state index in [-0.39, 0.29) is 22.6 Å². The Morgan fingerprint density at radius 1 is 0.846 bits per heavy atom. The highest BCUT2D eigenvalue weighted by Gasteiger charge is 2.17. The SMILES string of the molecule is O=Cc1ccccc1OP(=O)(O)O.O=Cc1ccccc1OS(=O)(=O)O. The first-order valence-corrected chi connectivity index (χ1v) is 9.45. The number of para-hydroxylation sites is 2. The van der Waals surface area contributed by atoms with E-state index in [4.69, 9.17) is 14.3 Å². The number of carbonyl (C=O) groups excluding carboxylic acids is 2. The topological polar surface area (TPSA) is 164 Å². The molecule has 3 N–H and O–H groups in total. The van der Waals surface area contributed by atoms with Crippen LogP contribution in [-0.4, -0.2) is 35.3 Å². The molecule has 12 heteroatoms. The molecule has 0 amide bonds. The van der Waals surface area contributed by atoms with Crippen molar-refractivity contribution >= 4 is 30.8 Å². The van der Waals surface area contributed by atoms with Gasteiger partial charge in [0.2, 0.25) is 0 Å². The highest BCUT2D eigenvalue weighted by atomic mass is 32.3. The van der Waals surface area contributed by atoms with Gasteiger partial charge in [-0.25, -0.2) is 4.57 Å². The quantitative estimate of drug-likeness (QED) is 0.366. The van der Waals surface area contributed by atoms with Crippen molar-refractivity contribution in [1.29, 1.82) is 0 Å². The van der Waals surface area contributed by atoms with Crippen LogP contribution in [0.4, 0.5) is 0 Å². The van der Waals surface area contributed by atoms with Crippen molar-refractivity contribution in [2.45, 2.75) is 0 Å². The van der Waals surface area contributed by atoms with Gasteiger partial charge in [0.05, 0.1) is 11.1 Å². The maximum Gasteiger partial charge on any atom is 0.524 e. The van der Waals surface area contributed by atoms with E-state index in [0.717, 1.165) is 0 Å². The lowest BCUT2D eigenvalue weighted by Crippen LogP contribution is -2.07. The number of rotatable bonds is 6. The van der Waals surface area contributed by atoms with E-state index < -0.39 is 18.2 Å². The van der Waals surface area contributed by atoms with E-state index in [0.29, 0.717) is 12.6 Å². The lowest BCUT2D eigenvalue weighted by Gasteiger charge is -2.07. The van der Waals surface area contributed by atoms with E-state index in [2.05, 4.69) is 8.71 Å². The van der Waals surface area contributed by atoms with Gasteiger partial charge in [0.15, 0.2) is 18.3 Å². The molecule has 0 aromatic heterocycles. The minimum atomic E-state index is -4.59. The van der Waals surface area contributed by atoms with Crippen LogP contribution in [-0.2, 0) is 15.0 Å². The van der Waals surface area contributed by atoms with Crippen LogP contribution in [0.25, 0.3) is 0 Å². The van der Waals surface area contributed by atoms with E-state index in [9.17, 15) is 22.6 Å². The number of benzene rings is 2. The second kappa shape index (κ2) is 9.22. The average molecular weight is 404 g/mol. The molecule has 10 nitrogen and oxygen atoms in total. The molecule has 0 spiro atoms. The Balaban J connectivity index is 0.000000260. The fraction of sp³-hybridized carbons (Fsp3) is 0. The molecule has 0 atom stereocenters. The Kier molecular flexibility index (Phi) is 7.62. The van der Waals surface area contributed by atoms with Gasteiger partial charge in [-0.1, -0.05) is 24.3 Å². The van der Waals surface area contributed by atoms with Crippen molar-refractivity contribution < 1.29 is 45.6 Å². The molecule has 2 aromatic rings. The number of phosphoric acid groups is 1. The van der Waals surface area contributed by atoms with E-state index in [1.165, 1.54) is 36.4 Å². The lowest BCUT2D eigenvalue weighted by molar-refractivity contribution is 0.111. The van der Waals surface area contributed by atoms with Crippen molar-refractivity contribution in [2.75, 3.05) is 0 Å². The Morgan fingerprint density at radius 2 is 1.27 bits per heavy atom. The molecular weight excluding hydrogens is 391 g/mol. The molecule has 0 aliphatic carbocycles. The summed E-state index contributed by atoms with van der Waals surface area (Å²) in [6.45, 7) is 0. The molecule has 26 heavy (non-hydrogen) atoms. The van der Waals surface area contributed by atoms with Gasteiger partial charge in [0, 0.05) is 0 Å². The van der Waals surface area contributed by atoms with E-state index in [1.807, 2.05) is 0 Å². The van der Waals surface area contributed by atoms with Gasteiger partial charge in [0.1, 0.15) is 5.75 Å². The van der Waals surface area contributed by atoms with Crippen molar-refractivity contribution in [3.05, 3.63) is 59.7 Å². The molecule has 0 saturated carbocycles. The zero-order valence-electron chi connectivity index (χ0n) is 12.8. The van der Waals surface area contributed by atoms with Crippen LogP contribution in [0, 0.1) is 0 Å². The predicted octanol–water partition coefficient (Wildman–Crippen LogP) is 1.65. The van der Waals surface area contributed by atoms with Crippen molar-refractivity contribution in [1.82, 2.24) is 0 Å². The third-order valence-corrected chi connectivity index (χ3v) is 3.33. The average Bonchev–Trinajstić information content (AvgIpc) is 2.53. The molecule has 0 aliphatic heterocycles. The summed E-state index contributed by atoms with van der Waals surface area (Å²) in [5.41, 5.74) is 0.158. The first-order chi connectivity index (χ1) is 12.1. The molecule has 2 rings (SSSR count). The molecule has 0 saturated heterocycles. The molecule has 0 fully saturated rings. The Hall–Kier alpha value is -2.56. The highest BCUT2D eigenvalue weighted by molar-refractivity contribution is 7.81. The van der Waals surface area contributed by atoms with Gasteiger partial charge >= 0.3 is 18.2 Å². The van der Waals surface area contributed by atoms with Crippen LogP contribution >= 0.6 is 7.82 Å². The molecular formula is C14H13O10PS. The fourth-order valence-corrected chi connectivity index (χ4v) is 2.36. The van der Waals surface area contributed by atoms with Crippen molar-refractivity contribution in [3.63, 3.8) is 0 Å². The van der Waals surface area contributed by atoms with Crippen molar-refractivity contribution in [2.24, 2.45) is 0 Å². The molecule has 140 valence electrons. The van der Waals surface area contributed by atoms with Gasteiger partial charge in [-0.3, -0.25) is 23.9 Å². The van der Waals surface area contributed by atoms with Crippen LogP contribution in [0.5, 0.6) is 11.5 Å². The van der Waals surface area contributed by atoms with Gasteiger partial charge in [-0.05, 0) is 24.3 Å². The first-order valence-electron chi connectivity index (χ1n) is 6.56. The first kappa shape index (κ1) is 21.5. The molecule has 2 aromatic carbocycles. The zero-order valence-corrected chi connectivity index (χ0v) is 14.5. The Labute approximate surface area is 148 Å². The second-order valence-corrected chi connectivity index (χ2v) is 6.59. The van der Waals surface area contributed by atoms with E-state index in [1.54, 1.807) is 12.1 Å². The lowest BCUT2D eigenvalue weighted by atomic mass is 10.2. The fourth-order valence-electron chi connectivity index (χ4n) is 1.56. The summed E-state index contributed by atoms with van der Waals surface area (Å²) in [6.07, 6.45) is 0.894. The number of phosphoric ester groups is 1. The maximum absolute atomic E-state index is 10.4. The van der Waals surface area contributed by atoms with Gasteiger partial charge in [-0.2, -0.15) is 8.42 Å². The summed E-state index contributed by atoms with van der Waals surface area (Å²) < 4.78 is 47.7. The van der Waals surface area contributed by atoms with Gasteiger partial charge in [-0.15, -0.1) is 0 Å². The van der Waals surface area contributed by atoms with Crippen LogP contribution < -0.4 is 8.71 Å². The van der Waals surface area contributed by atoms with Crippen LogP contribution in [0.15, 0.2) is 48.5 Å². The van der Waals surface area contributed by atoms with Gasteiger partial charge < -0.3 is 8.71 Å². The largest absolute Gasteiger partial charge is 0.524 e. The summed E-state index contributed by atoms with van der Waals surface area (Å²) in [7, 11) is -9.16. The minimum Gasteiger partial charge on any atom is -0.403 e. The molecule has 0 bridgehead atoms. The number of carbonyl (C=O) groups is 2. The predicted molar refractivity (Wildman–Crippen MR) is 88.5 cm³/mol. The summed E-state index contributed by atoms with van der Waals surface area (Å²) in [6, 6.07) is 11.4. The maximum atomic E-state index is 10.4. The second-order valence-electron chi connectivity index (χ2n) is 4.40. The summed E-state index contributed by atoms with van der Waals surface area (Å²) >= 11 is 0. The van der Waals surface area contributed by atoms with Gasteiger partial charge in [0.25, 0.3) is 0 Å². The zero-order chi connectivity index (χ0) is 19.8. The third kappa shape index (κ3) is 8.01. The standard InChI is InChI=1S/C7H7O5P.C7H6O5S/c2*8-5-6-3-1-2-4-7(6)12-13(9,10)11/h1-5H,(H2,9,10,11);1-5H,(H,9,10,11). The molecule has 0 aliphatic rings. The van der Waals surface area contributed by atoms with E-state index >= 15 is 0 Å². The summed E-state index contributed by atoms with van der Waals surface area (Å²) in [5.74, 6) is -0.314. The highest BCUT2D eigenvalue weighted by Crippen LogP contribution is 2.38. The molecule has 0 unspecified atom stereocenters. The monoisotopic (exact) mass is 404 g/mol. The number of hydrogen-bond donors (Lipinski definition) is 3. The van der Waals surface area contributed by atoms with Crippen LogP contribution in [0.3, 0.4) is 0 Å². The third-order valence-electron chi connectivity index (χ3n) is 2.50. The number of aldehydes is 2. The minimum absolute atomic E-state index is 0.0557. The number of hydrogen-bond acceptors (Lipinski definition) is 7. The normalized spacial score (nSPS) is 10.9. The van der Waals surface area contributed by atoms with Crippen LogP contribution in [0.2, 0.25) is 0 Å². The summed E-state index contributed by atoms with van der Waals surface area (Å²) in [4.78, 5) is 37.7. The molecule has 0 radical (unpaired) electrons. The van der Waals surface area contributed by atoms with Crippen molar-refractivity contribution in [3.8, 4) is 11.5 Å². The smallest absolute Gasteiger partial charge is 0.403 e. The van der Waals surface area contributed by atoms with Crippen LogP contribution in [0.1, 0.15) is 20.7 Å². The Morgan fingerprint density at radius 3 is 1.69 bits per heavy atom.